The van der Waals surface area contributed by atoms with Gasteiger partial charge in [-0.25, -0.2) is 0 Å². The number of aryl methyl sites for hydroxylation is 2. The highest BCUT2D eigenvalue weighted by molar-refractivity contribution is 5.69. The number of hydrogen-bond donors (Lipinski definition) is 1. The van der Waals surface area contributed by atoms with Gasteiger partial charge in [0.1, 0.15) is 0 Å². The quantitative estimate of drug-likeness (QED) is 0.825. The number of carboxylic acids is 1. The highest BCUT2D eigenvalue weighted by atomic mass is 16.4. The van der Waals surface area contributed by atoms with Gasteiger partial charge in [0.25, 0.3) is 0 Å². The summed E-state index contributed by atoms with van der Waals surface area (Å²) in [6.07, 6.45) is 0.163. The second kappa shape index (κ2) is 4.05. The van der Waals surface area contributed by atoms with E-state index in [2.05, 4.69) is 18.2 Å². The zero-order chi connectivity index (χ0) is 11.6. The first-order chi connectivity index (χ1) is 6.81. The van der Waals surface area contributed by atoms with Gasteiger partial charge >= 0.3 is 5.97 Å². The first kappa shape index (κ1) is 11.8. The van der Waals surface area contributed by atoms with Crippen molar-refractivity contribution in [2.75, 3.05) is 0 Å². The Hall–Kier alpha value is -1.31. The van der Waals surface area contributed by atoms with Crippen LogP contribution in [0.5, 0.6) is 0 Å². The Morgan fingerprint density at radius 3 is 2.07 bits per heavy atom. The van der Waals surface area contributed by atoms with Gasteiger partial charge in [-0.05, 0) is 19.4 Å². The molecule has 0 saturated heterocycles. The maximum absolute atomic E-state index is 10.8. The number of aliphatic carboxylic acids is 1. The van der Waals surface area contributed by atoms with Crippen molar-refractivity contribution in [3.63, 3.8) is 0 Å². The molecule has 0 atom stereocenters. The van der Waals surface area contributed by atoms with E-state index in [0.29, 0.717) is 0 Å². The molecule has 0 aliphatic carbocycles. The molecule has 82 valence electrons. The second-order valence-corrected chi connectivity index (χ2v) is 4.83. The van der Waals surface area contributed by atoms with Crippen molar-refractivity contribution in [2.24, 2.45) is 0 Å². The van der Waals surface area contributed by atoms with E-state index in [1.54, 1.807) is 0 Å². The summed E-state index contributed by atoms with van der Waals surface area (Å²) >= 11 is 0. The molecule has 1 rings (SSSR count). The van der Waals surface area contributed by atoms with Crippen LogP contribution >= 0.6 is 0 Å². The molecule has 0 spiro atoms. The molecule has 1 aromatic rings. The molecular formula is C13H18O2. The zero-order valence-electron chi connectivity index (χ0n) is 9.79. The molecule has 15 heavy (non-hydrogen) atoms. The highest BCUT2D eigenvalue weighted by Crippen LogP contribution is 2.28. The summed E-state index contributed by atoms with van der Waals surface area (Å²) in [5.41, 5.74) is 3.16. The Labute approximate surface area is 90.9 Å². The molecule has 0 aliphatic heterocycles. The molecule has 1 aromatic carbocycles. The van der Waals surface area contributed by atoms with Gasteiger partial charge in [0, 0.05) is 5.41 Å². The van der Waals surface area contributed by atoms with E-state index < -0.39 is 5.97 Å². The lowest BCUT2D eigenvalue weighted by Gasteiger charge is -2.24. The van der Waals surface area contributed by atoms with E-state index in [0.717, 1.165) is 5.56 Å². The lowest BCUT2D eigenvalue weighted by Crippen LogP contribution is -2.21. The number of carbonyl (C=O) groups is 1. The lowest BCUT2D eigenvalue weighted by atomic mass is 9.80. The molecule has 2 heteroatoms. The summed E-state index contributed by atoms with van der Waals surface area (Å²) in [4.78, 5) is 10.8. The zero-order valence-corrected chi connectivity index (χ0v) is 9.79. The normalized spacial score (nSPS) is 11.5. The van der Waals surface area contributed by atoms with Crippen molar-refractivity contribution in [1.29, 1.82) is 0 Å². The molecule has 0 bridgehead atoms. The predicted octanol–water partition coefficient (Wildman–Crippen LogP) is 3.06. The molecule has 0 amide bonds. The minimum absolute atomic E-state index is 0.163. The van der Waals surface area contributed by atoms with Gasteiger partial charge in [-0.1, -0.05) is 43.2 Å². The van der Waals surface area contributed by atoms with Crippen molar-refractivity contribution >= 4 is 5.97 Å². The average Bonchev–Trinajstić information content (AvgIpc) is 1.99. The van der Waals surface area contributed by atoms with E-state index in [4.69, 9.17) is 5.11 Å². The Bertz CT molecular complexity index is 358. The lowest BCUT2D eigenvalue weighted by molar-refractivity contribution is -0.138. The summed E-state index contributed by atoms with van der Waals surface area (Å²) in [6, 6.07) is 6.23. The van der Waals surface area contributed by atoms with Crippen molar-refractivity contribution in [3.8, 4) is 0 Å². The van der Waals surface area contributed by atoms with Crippen LogP contribution in [0.4, 0.5) is 0 Å². The fourth-order valence-corrected chi connectivity index (χ4v) is 1.85. The van der Waals surface area contributed by atoms with Crippen molar-refractivity contribution in [1.82, 2.24) is 0 Å². The maximum Gasteiger partial charge on any atom is 0.304 e. The third-order valence-corrected chi connectivity index (χ3v) is 2.60. The van der Waals surface area contributed by atoms with Crippen LogP contribution in [-0.4, -0.2) is 11.1 Å². The predicted molar refractivity (Wildman–Crippen MR) is 61.2 cm³/mol. The van der Waals surface area contributed by atoms with Crippen molar-refractivity contribution in [2.45, 2.75) is 39.5 Å². The third-order valence-electron chi connectivity index (χ3n) is 2.60. The van der Waals surface area contributed by atoms with Gasteiger partial charge in [0.2, 0.25) is 0 Å². The summed E-state index contributed by atoms with van der Waals surface area (Å²) in [5, 5.41) is 8.85. The van der Waals surface area contributed by atoms with Crippen LogP contribution < -0.4 is 0 Å². The monoisotopic (exact) mass is 206 g/mol. The van der Waals surface area contributed by atoms with E-state index in [9.17, 15) is 4.79 Å². The largest absolute Gasteiger partial charge is 0.481 e. The Balaban J connectivity index is 3.08. The molecule has 0 fully saturated rings. The summed E-state index contributed by atoms with van der Waals surface area (Å²) in [6.45, 7) is 8.01. The van der Waals surface area contributed by atoms with Crippen LogP contribution in [0.3, 0.4) is 0 Å². The van der Waals surface area contributed by atoms with Gasteiger partial charge < -0.3 is 5.11 Å². The molecule has 1 N–H and O–H groups in total. The SMILES string of the molecule is Cc1cc(C)cc(C(C)(C)CC(=O)O)c1. The van der Waals surface area contributed by atoms with Crippen molar-refractivity contribution in [3.05, 3.63) is 34.9 Å². The smallest absolute Gasteiger partial charge is 0.304 e. The second-order valence-electron chi connectivity index (χ2n) is 4.83. The van der Waals surface area contributed by atoms with Crippen molar-refractivity contribution < 1.29 is 9.90 Å². The van der Waals surface area contributed by atoms with Gasteiger partial charge in [0.05, 0.1) is 6.42 Å². The Morgan fingerprint density at radius 1 is 1.20 bits per heavy atom. The summed E-state index contributed by atoms with van der Waals surface area (Å²) in [7, 11) is 0. The van der Waals surface area contributed by atoms with Gasteiger partial charge in [-0.15, -0.1) is 0 Å². The fourth-order valence-electron chi connectivity index (χ4n) is 1.85. The number of rotatable bonds is 3. The van der Waals surface area contributed by atoms with Crippen LogP contribution in [0.1, 0.15) is 37.0 Å². The molecule has 0 saturated carbocycles. The minimum atomic E-state index is -0.751. The summed E-state index contributed by atoms with van der Waals surface area (Å²) in [5.74, 6) is -0.751. The van der Waals surface area contributed by atoms with E-state index in [1.807, 2.05) is 27.7 Å². The first-order valence-electron chi connectivity index (χ1n) is 5.12. The highest BCUT2D eigenvalue weighted by Gasteiger charge is 2.24. The fraction of sp³-hybridized carbons (Fsp3) is 0.462. The molecule has 0 radical (unpaired) electrons. The molecule has 0 heterocycles. The third kappa shape index (κ3) is 3.08. The topological polar surface area (TPSA) is 37.3 Å². The molecule has 0 aromatic heterocycles. The average molecular weight is 206 g/mol. The molecular weight excluding hydrogens is 188 g/mol. The van der Waals surface area contributed by atoms with Crippen LogP contribution in [0.2, 0.25) is 0 Å². The molecule has 0 aliphatic rings. The number of hydrogen-bond acceptors (Lipinski definition) is 1. The van der Waals surface area contributed by atoms with E-state index in [1.165, 1.54) is 11.1 Å². The molecule has 0 unspecified atom stereocenters. The van der Waals surface area contributed by atoms with Crippen LogP contribution in [0.25, 0.3) is 0 Å². The Kier molecular flexibility index (Phi) is 3.18. The van der Waals surface area contributed by atoms with Gasteiger partial charge in [-0.3, -0.25) is 4.79 Å². The van der Waals surface area contributed by atoms with Gasteiger partial charge in [-0.2, -0.15) is 0 Å². The summed E-state index contributed by atoms with van der Waals surface area (Å²) < 4.78 is 0. The number of benzene rings is 1. The van der Waals surface area contributed by atoms with E-state index in [-0.39, 0.29) is 11.8 Å². The Morgan fingerprint density at radius 2 is 1.67 bits per heavy atom. The van der Waals surface area contributed by atoms with Crippen LogP contribution in [-0.2, 0) is 10.2 Å². The molecule has 2 nitrogen and oxygen atoms in total. The van der Waals surface area contributed by atoms with E-state index >= 15 is 0 Å². The minimum Gasteiger partial charge on any atom is -0.481 e. The maximum atomic E-state index is 10.8. The van der Waals surface area contributed by atoms with Crippen LogP contribution in [0, 0.1) is 13.8 Å². The standard InChI is InChI=1S/C13H18O2/c1-9-5-10(2)7-11(6-9)13(3,4)8-12(14)15/h5-7H,8H2,1-4H3,(H,14,15). The number of carboxylic acid groups (broad SMARTS) is 1. The first-order valence-corrected chi connectivity index (χ1v) is 5.12. The van der Waals surface area contributed by atoms with Crippen LogP contribution in [0.15, 0.2) is 18.2 Å². The van der Waals surface area contributed by atoms with Gasteiger partial charge in [0.15, 0.2) is 0 Å².